The Kier molecular flexibility index (Phi) is 5.57. The number of nitrogens with zero attached hydrogens (tertiary/aromatic N) is 5. The van der Waals surface area contributed by atoms with Crippen LogP contribution in [0.15, 0.2) is 59.9 Å². The summed E-state index contributed by atoms with van der Waals surface area (Å²) < 4.78 is 27.9. The number of rotatable bonds is 4. The molecular formula is C23H21FN6O2S. The van der Waals surface area contributed by atoms with Gasteiger partial charge >= 0.3 is 0 Å². The molecule has 168 valence electrons. The van der Waals surface area contributed by atoms with Gasteiger partial charge in [0, 0.05) is 59.4 Å². The number of carbonyl (C=O) groups is 1. The quantitative estimate of drug-likeness (QED) is 0.465. The molecule has 1 fully saturated rings. The largest absolute Gasteiger partial charge is 0.610 e. The molecule has 0 radical (unpaired) electrons. The summed E-state index contributed by atoms with van der Waals surface area (Å²) in [5.74, 6) is -0.260. The number of aromatic nitrogens is 4. The highest BCUT2D eigenvalue weighted by Gasteiger charge is 2.26. The smallest absolute Gasteiger partial charge is 0.271 e. The molecule has 5 rings (SSSR count). The molecule has 2 aromatic heterocycles. The van der Waals surface area contributed by atoms with Gasteiger partial charge in [0.25, 0.3) is 16.9 Å². The lowest BCUT2D eigenvalue weighted by Crippen LogP contribution is -2.31. The van der Waals surface area contributed by atoms with Crippen molar-refractivity contribution in [2.45, 2.75) is 17.5 Å². The fourth-order valence-electron chi connectivity index (χ4n) is 4.00. The molecule has 1 aliphatic rings. The van der Waals surface area contributed by atoms with Crippen LogP contribution >= 0.6 is 0 Å². The van der Waals surface area contributed by atoms with Gasteiger partial charge in [0.1, 0.15) is 12.1 Å². The summed E-state index contributed by atoms with van der Waals surface area (Å²) in [6, 6.07) is 11.5. The van der Waals surface area contributed by atoms with E-state index in [0.29, 0.717) is 45.7 Å². The highest BCUT2D eigenvalue weighted by Crippen LogP contribution is 2.27. The predicted molar refractivity (Wildman–Crippen MR) is 123 cm³/mol. The Morgan fingerprint density at radius 2 is 1.97 bits per heavy atom. The van der Waals surface area contributed by atoms with Crippen molar-refractivity contribution >= 4 is 28.0 Å². The average molecular weight is 465 g/mol. The summed E-state index contributed by atoms with van der Waals surface area (Å²) in [7, 11) is 0. The van der Waals surface area contributed by atoms with Crippen molar-refractivity contribution in [3.05, 3.63) is 66.2 Å². The van der Waals surface area contributed by atoms with Gasteiger partial charge in [0.05, 0.1) is 10.9 Å². The third-order valence-electron chi connectivity index (χ3n) is 5.69. The SMILES string of the molecule is C[S+]([O-])c1nn(-c2ncc(-c3ccccc3F)cn2)c2cc(C(=O)N3CCC(N)C3)ccc12. The van der Waals surface area contributed by atoms with Crippen LogP contribution in [0.3, 0.4) is 0 Å². The van der Waals surface area contributed by atoms with E-state index in [-0.39, 0.29) is 23.7 Å². The van der Waals surface area contributed by atoms with Crippen LogP contribution in [0.25, 0.3) is 28.0 Å². The fraction of sp³-hybridized carbons (Fsp3) is 0.217. The first-order chi connectivity index (χ1) is 15.9. The van der Waals surface area contributed by atoms with Crippen molar-refractivity contribution in [2.24, 2.45) is 5.73 Å². The van der Waals surface area contributed by atoms with Crippen molar-refractivity contribution in [1.29, 1.82) is 0 Å². The van der Waals surface area contributed by atoms with Gasteiger partial charge in [-0.05, 0) is 30.7 Å². The van der Waals surface area contributed by atoms with E-state index in [4.69, 9.17) is 5.73 Å². The molecule has 3 heterocycles. The molecule has 2 unspecified atom stereocenters. The summed E-state index contributed by atoms with van der Waals surface area (Å²) >= 11 is -1.37. The third kappa shape index (κ3) is 3.97. The standard InChI is InChI=1S/C23H21FN6O2S/c1-33(32)21-18-7-6-14(22(31)29-9-8-16(25)13-29)10-20(18)30(28-21)23-26-11-15(12-27-23)17-4-2-3-5-19(17)24/h2-7,10-12,16H,8-9,13,25H2,1H3. The minimum absolute atomic E-state index is 0.0151. The summed E-state index contributed by atoms with van der Waals surface area (Å²) in [6.07, 6.45) is 5.33. The number of amides is 1. The van der Waals surface area contributed by atoms with Crippen molar-refractivity contribution in [3.63, 3.8) is 0 Å². The minimum Gasteiger partial charge on any atom is -0.610 e. The molecule has 0 saturated carbocycles. The Balaban J connectivity index is 1.57. The van der Waals surface area contributed by atoms with E-state index in [9.17, 15) is 13.7 Å². The molecular weight excluding hydrogens is 443 g/mol. The highest BCUT2D eigenvalue weighted by molar-refractivity contribution is 7.90. The van der Waals surface area contributed by atoms with Gasteiger partial charge in [-0.1, -0.05) is 18.2 Å². The first kappa shape index (κ1) is 21.5. The number of halogens is 1. The van der Waals surface area contributed by atoms with E-state index in [1.807, 2.05) is 0 Å². The van der Waals surface area contributed by atoms with Gasteiger partial charge < -0.3 is 15.2 Å². The molecule has 0 aliphatic carbocycles. The van der Waals surface area contributed by atoms with E-state index in [2.05, 4.69) is 15.1 Å². The predicted octanol–water partition coefficient (Wildman–Crippen LogP) is 2.53. The Morgan fingerprint density at radius 3 is 2.64 bits per heavy atom. The second-order valence-corrected chi connectivity index (χ2v) is 9.25. The van der Waals surface area contributed by atoms with Gasteiger partial charge in [0.15, 0.2) is 0 Å². The van der Waals surface area contributed by atoms with E-state index >= 15 is 0 Å². The Hall–Kier alpha value is -3.34. The minimum atomic E-state index is -1.37. The molecule has 2 N–H and O–H groups in total. The number of nitrogens with two attached hydrogens (primary N) is 1. The molecule has 2 atom stereocenters. The first-order valence-corrected chi connectivity index (χ1v) is 12.0. The highest BCUT2D eigenvalue weighted by atomic mass is 32.2. The molecule has 2 aromatic carbocycles. The average Bonchev–Trinajstić information content (AvgIpc) is 3.42. The first-order valence-electron chi connectivity index (χ1n) is 10.4. The number of likely N-dealkylation sites (tertiary alicyclic amines) is 1. The van der Waals surface area contributed by atoms with Crippen LogP contribution in [0.5, 0.6) is 0 Å². The van der Waals surface area contributed by atoms with Gasteiger partial charge in [-0.2, -0.15) is 4.68 Å². The van der Waals surface area contributed by atoms with Crippen LogP contribution in [0.1, 0.15) is 16.8 Å². The molecule has 8 nitrogen and oxygen atoms in total. The molecule has 0 bridgehead atoms. The summed E-state index contributed by atoms with van der Waals surface area (Å²) in [5.41, 5.74) is 7.91. The molecule has 4 aromatic rings. The lowest BCUT2D eigenvalue weighted by Gasteiger charge is -2.15. The molecule has 0 spiro atoms. The summed E-state index contributed by atoms with van der Waals surface area (Å²) in [6.45, 7) is 1.13. The topological polar surface area (TPSA) is 113 Å². The van der Waals surface area contributed by atoms with Crippen LogP contribution in [0, 0.1) is 5.82 Å². The monoisotopic (exact) mass is 464 g/mol. The molecule has 1 amide bonds. The molecule has 1 aliphatic heterocycles. The fourth-order valence-corrected chi connectivity index (χ4v) is 4.68. The maximum Gasteiger partial charge on any atom is 0.271 e. The van der Waals surface area contributed by atoms with Crippen LogP contribution in [-0.4, -0.2) is 60.5 Å². The Morgan fingerprint density at radius 1 is 1.21 bits per heavy atom. The van der Waals surface area contributed by atoms with Crippen molar-refractivity contribution in [2.75, 3.05) is 19.3 Å². The van der Waals surface area contributed by atoms with Crippen LogP contribution < -0.4 is 5.73 Å². The lowest BCUT2D eigenvalue weighted by atomic mass is 10.1. The van der Waals surface area contributed by atoms with Crippen LogP contribution in [0.2, 0.25) is 0 Å². The molecule has 33 heavy (non-hydrogen) atoms. The van der Waals surface area contributed by atoms with Crippen LogP contribution in [-0.2, 0) is 11.2 Å². The van der Waals surface area contributed by atoms with Crippen molar-refractivity contribution < 1.29 is 13.7 Å². The van der Waals surface area contributed by atoms with E-state index in [0.717, 1.165) is 6.42 Å². The lowest BCUT2D eigenvalue weighted by molar-refractivity contribution is 0.0791. The number of carbonyl (C=O) groups excluding carboxylic acids is 1. The normalized spacial score (nSPS) is 17.0. The zero-order valence-corrected chi connectivity index (χ0v) is 18.6. The van der Waals surface area contributed by atoms with E-state index in [1.54, 1.807) is 47.6 Å². The zero-order chi connectivity index (χ0) is 23.1. The maximum absolute atomic E-state index is 14.1. The number of hydrogen-bond acceptors (Lipinski definition) is 6. The number of fused-ring (bicyclic) bond motifs is 1. The summed E-state index contributed by atoms with van der Waals surface area (Å²) in [4.78, 5) is 23.4. The zero-order valence-electron chi connectivity index (χ0n) is 17.8. The van der Waals surface area contributed by atoms with Gasteiger partial charge in [0.2, 0.25) is 0 Å². The second kappa shape index (κ2) is 8.54. The van der Waals surface area contributed by atoms with Gasteiger partial charge in [-0.15, -0.1) is 5.10 Å². The second-order valence-electron chi connectivity index (χ2n) is 7.95. The van der Waals surface area contributed by atoms with Gasteiger partial charge in [-0.25, -0.2) is 14.4 Å². The Labute approximate surface area is 192 Å². The maximum atomic E-state index is 14.1. The van der Waals surface area contributed by atoms with Gasteiger partial charge in [-0.3, -0.25) is 4.79 Å². The van der Waals surface area contributed by atoms with Crippen molar-refractivity contribution in [1.82, 2.24) is 24.6 Å². The van der Waals surface area contributed by atoms with Crippen molar-refractivity contribution in [3.8, 4) is 17.1 Å². The third-order valence-corrected chi connectivity index (χ3v) is 6.54. The molecule has 10 heteroatoms. The Bertz CT molecular complexity index is 1340. The summed E-state index contributed by atoms with van der Waals surface area (Å²) in [5, 5.41) is 5.48. The molecule has 1 saturated heterocycles. The van der Waals surface area contributed by atoms with E-state index < -0.39 is 11.2 Å². The number of benzene rings is 2. The van der Waals surface area contributed by atoms with E-state index in [1.165, 1.54) is 23.1 Å². The number of hydrogen-bond donors (Lipinski definition) is 1. The van der Waals surface area contributed by atoms with Crippen LogP contribution in [0.4, 0.5) is 4.39 Å².